The number of hydrogen-bond acceptors (Lipinski definition) is 14. The maximum atomic E-state index is 15.8. The summed E-state index contributed by atoms with van der Waals surface area (Å²) >= 11 is 0. The minimum absolute atomic E-state index is 0.00336. The van der Waals surface area contributed by atoms with Crippen LogP contribution in [0.4, 0.5) is 14.9 Å². The van der Waals surface area contributed by atoms with Gasteiger partial charge >= 0.3 is 24.0 Å². The van der Waals surface area contributed by atoms with Gasteiger partial charge in [0.15, 0.2) is 24.0 Å². The molecule has 2 aromatic rings. The first kappa shape index (κ1) is 45.0. The van der Waals surface area contributed by atoms with Crippen LogP contribution >= 0.6 is 0 Å². The topological polar surface area (TPSA) is 229 Å². The molecule has 0 bridgehead atoms. The Hall–Kier alpha value is -5.62. The van der Waals surface area contributed by atoms with E-state index >= 15 is 4.39 Å². The largest absolute Gasteiger partial charge is 0.492 e. The summed E-state index contributed by atoms with van der Waals surface area (Å²) < 4.78 is 38.6. The molecule has 344 valence electrons. The minimum atomic E-state index is -1.84. The Morgan fingerprint density at radius 3 is 2.38 bits per heavy atom. The third-order valence-electron chi connectivity index (χ3n) is 15.2. The smallest absolute Gasteiger partial charge is 0.413 e. The number of aliphatic hydroxyl groups excluding tert-OH is 1. The van der Waals surface area contributed by atoms with Gasteiger partial charge in [-0.2, -0.15) is 0 Å². The molecular formula is C46H54FN3O14. The first-order chi connectivity index (χ1) is 30.3. The van der Waals surface area contributed by atoms with Crippen LogP contribution in [0.3, 0.4) is 0 Å². The number of carboxylic acids is 1. The summed E-state index contributed by atoms with van der Waals surface area (Å²) in [7, 11) is 1.34. The van der Waals surface area contributed by atoms with Crippen molar-refractivity contribution in [3.05, 3.63) is 57.7 Å². The average molecular weight is 892 g/mol. The van der Waals surface area contributed by atoms with Gasteiger partial charge in [-0.25, -0.2) is 14.0 Å². The molecule has 1 aromatic heterocycles. The number of nitrogens with zero attached hydrogens (tertiary/aromatic N) is 3. The Balaban J connectivity index is 0.800. The minimum Gasteiger partial charge on any atom is -0.492 e. The molecular weight excluding hydrogens is 838 g/mol. The van der Waals surface area contributed by atoms with E-state index in [9.17, 15) is 48.9 Å². The number of rotatable bonds is 12. The lowest BCUT2D eigenvalue weighted by Gasteiger charge is -2.59. The normalized spacial score (nSPS) is 30.8. The number of methoxy groups -OCH3 is 1. The second-order valence-electron chi connectivity index (χ2n) is 18.7. The maximum Gasteiger partial charge on any atom is 0.413 e. The van der Waals surface area contributed by atoms with Gasteiger partial charge in [0.25, 0.3) is 0 Å². The summed E-state index contributed by atoms with van der Waals surface area (Å²) in [5.41, 5.74) is -3.27. The number of aliphatic hydroxyl groups is 2. The van der Waals surface area contributed by atoms with E-state index in [-0.39, 0.29) is 84.4 Å². The van der Waals surface area contributed by atoms with Crippen molar-refractivity contribution in [1.82, 2.24) is 9.47 Å². The number of amides is 1. The van der Waals surface area contributed by atoms with Crippen molar-refractivity contribution in [2.24, 2.45) is 28.6 Å². The van der Waals surface area contributed by atoms with Crippen LogP contribution in [0.5, 0.6) is 5.75 Å². The summed E-state index contributed by atoms with van der Waals surface area (Å²) in [6.07, 6.45) is 7.59. The van der Waals surface area contributed by atoms with E-state index in [1.165, 1.54) is 18.2 Å². The Morgan fingerprint density at radius 1 is 0.984 bits per heavy atom. The molecule has 1 aliphatic heterocycles. The number of piperazine rings is 1. The number of esters is 2. The molecule has 3 N–H and O–H groups in total. The number of aromatic nitrogens is 1. The number of ether oxygens (including phenoxy) is 4. The first-order valence-corrected chi connectivity index (χ1v) is 21.9. The van der Waals surface area contributed by atoms with Gasteiger partial charge in [0, 0.05) is 54.7 Å². The van der Waals surface area contributed by atoms with Crippen molar-refractivity contribution in [1.29, 1.82) is 0 Å². The molecule has 64 heavy (non-hydrogen) atoms. The number of anilines is 1. The monoisotopic (exact) mass is 891 g/mol. The standard InChI is InChI=1S/C46H54FN3O14/c1-24-20-48(39-32(47)18-29-38(41(39)61-4)50(26-6-7-26)21-30(40(29)56)42(57)58)15-16-49(24)43(59)64-23-63-36(55)10-9-35(54)62-22-34(53)46(60)14-12-31-28-8-5-25-17-27(51)11-13-44(25,2)37(28)33(52)19-45(31,46)3/h11,13,17-18,21,24,26,28,31,33,37,52,60H,5-10,12,14-16,19-20,22-23H2,1-4H3,(H,57,58). The Kier molecular flexibility index (Phi) is 11.8. The van der Waals surface area contributed by atoms with E-state index in [1.807, 2.05) is 19.9 Å². The number of benzene rings is 1. The van der Waals surface area contributed by atoms with E-state index in [4.69, 9.17) is 18.9 Å². The van der Waals surface area contributed by atoms with Gasteiger partial charge < -0.3 is 48.6 Å². The molecule has 1 aromatic carbocycles. The molecule has 2 heterocycles. The van der Waals surface area contributed by atoms with Crippen molar-refractivity contribution in [3.8, 4) is 5.75 Å². The lowest BCUT2D eigenvalue weighted by Crippen LogP contribution is -2.61. The zero-order chi connectivity index (χ0) is 46.0. The van der Waals surface area contributed by atoms with E-state index in [0.717, 1.165) is 24.5 Å². The predicted octanol–water partition coefficient (Wildman–Crippen LogP) is 4.23. The molecule has 5 aliphatic carbocycles. The Morgan fingerprint density at radius 2 is 1.70 bits per heavy atom. The summed E-state index contributed by atoms with van der Waals surface area (Å²) in [5, 5.41) is 33.0. The highest BCUT2D eigenvalue weighted by molar-refractivity contribution is 6.01. The predicted molar refractivity (Wildman–Crippen MR) is 224 cm³/mol. The average Bonchev–Trinajstić information content (AvgIpc) is 4.05. The number of pyridine rings is 1. The van der Waals surface area contributed by atoms with Crippen LogP contribution in [-0.2, 0) is 33.4 Å². The maximum absolute atomic E-state index is 15.8. The molecule has 1 amide bonds. The van der Waals surface area contributed by atoms with Crippen LogP contribution < -0.4 is 15.1 Å². The molecule has 17 nitrogen and oxygen atoms in total. The molecule has 5 fully saturated rings. The number of allylic oxidation sites excluding steroid dienone is 4. The van der Waals surface area contributed by atoms with Crippen LogP contribution in [-0.4, -0.2) is 118 Å². The second-order valence-corrected chi connectivity index (χ2v) is 18.7. The van der Waals surface area contributed by atoms with Crippen LogP contribution in [0.2, 0.25) is 0 Å². The fourth-order valence-electron chi connectivity index (χ4n) is 11.8. The summed E-state index contributed by atoms with van der Waals surface area (Å²) in [6.45, 7) is 4.42. The van der Waals surface area contributed by atoms with Crippen LogP contribution in [0, 0.1) is 34.4 Å². The lowest BCUT2D eigenvalue weighted by molar-refractivity contribution is -0.181. The van der Waals surface area contributed by atoms with Crippen molar-refractivity contribution < 1.29 is 67.4 Å². The van der Waals surface area contributed by atoms with E-state index in [0.29, 0.717) is 19.3 Å². The number of Topliss-reactive ketones (excluding diaryl/α,β-unsaturated/α-hetero) is 1. The van der Waals surface area contributed by atoms with E-state index in [1.54, 1.807) is 28.5 Å². The van der Waals surface area contributed by atoms with E-state index in [2.05, 4.69) is 0 Å². The number of carbonyl (C=O) groups is 6. The number of carbonyl (C=O) groups excluding carboxylic acids is 5. The van der Waals surface area contributed by atoms with Crippen molar-refractivity contribution in [2.75, 3.05) is 45.0 Å². The van der Waals surface area contributed by atoms with Gasteiger partial charge in [0.1, 0.15) is 16.9 Å². The van der Waals surface area contributed by atoms with Gasteiger partial charge in [-0.3, -0.25) is 24.0 Å². The molecule has 6 aliphatic rings. The van der Waals surface area contributed by atoms with Crippen molar-refractivity contribution >= 4 is 52.2 Å². The molecule has 1 saturated heterocycles. The van der Waals surface area contributed by atoms with Gasteiger partial charge in [0.2, 0.25) is 18.0 Å². The van der Waals surface area contributed by atoms with Gasteiger partial charge in [0.05, 0.1) is 37.0 Å². The van der Waals surface area contributed by atoms with Gasteiger partial charge in [-0.1, -0.05) is 25.5 Å². The van der Waals surface area contributed by atoms with E-state index < -0.39 is 101 Å². The molecule has 4 saturated carbocycles. The SMILES string of the molecule is COc1c(N2CCN(C(=O)OCOC(=O)CCC(=O)OCC(=O)C3(O)CCC4C5CCC6=CC(=O)C=CC6(C)C5C(O)CC43C)C(C)C2)c(F)cc2c(=O)c(C(=O)O)cn(C3CC3)c12. The van der Waals surface area contributed by atoms with Gasteiger partial charge in [-0.05, 0) is 81.9 Å². The van der Waals surface area contributed by atoms with Crippen LogP contribution in [0.15, 0.2) is 40.9 Å². The zero-order valence-corrected chi connectivity index (χ0v) is 36.3. The number of carboxylic acid groups (broad SMARTS) is 1. The number of hydrogen-bond donors (Lipinski definition) is 3. The molecule has 8 unspecified atom stereocenters. The van der Waals surface area contributed by atoms with Gasteiger partial charge in [-0.15, -0.1) is 0 Å². The van der Waals surface area contributed by atoms with Crippen LogP contribution in [0.1, 0.15) is 95.0 Å². The van der Waals surface area contributed by atoms with Crippen LogP contribution in [0.25, 0.3) is 10.9 Å². The van der Waals surface area contributed by atoms with Crippen molar-refractivity contribution in [3.63, 3.8) is 0 Å². The highest BCUT2D eigenvalue weighted by Gasteiger charge is 2.68. The summed E-state index contributed by atoms with van der Waals surface area (Å²) in [6, 6.07) is 0.414. The second kappa shape index (κ2) is 16.7. The molecule has 0 radical (unpaired) electrons. The lowest BCUT2D eigenvalue weighted by atomic mass is 9.46. The third kappa shape index (κ3) is 7.55. The number of halogens is 1. The number of aromatic carboxylic acids is 1. The summed E-state index contributed by atoms with van der Waals surface area (Å²) in [5.74, 6) is -4.89. The number of fused-ring (bicyclic) bond motifs is 6. The number of ketones is 2. The quantitative estimate of drug-likeness (QED) is 0.200. The Bertz CT molecular complexity index is 2440. The third-order valence-corrected chi connectivity index (χ3v) is 15.2. The summed E-state index contributed by atoms with van der Waals surface area (Å²) in [4.78, 5) is 91.8. The zero-order valence-electron chi connectivity index (χ0n) is 36.3. The fourth-order valence-corrected chi connectivity index (χ4v) is 11.8. The molecule has 0 spiro atoms. The fraction of sp³-hybridized carbons (Fsp3) is 0.587. The molecule has 18 heteroatoms. The first-order valence-electron chi connectivity index (χ1n) is 21.9. The molecule has 8 atom stereocenters. The van der Waals surface area contributed by atoms with Crippen molar-refractivity contribution in [2.45, 2.75) is 102 Å². The molecule has 8 rings (SSSR count). The highest BCUT2D eigenvalue weighted by atomic mass is 19.1. The highest BCUT2D eigenvalue weighted by Crippen LogP contribution is 2.67. The Labute approximate surface area is 367 Å².